The first-order valence-corrected chi connectivity index (χ1v) is 6.80. The third-order valence-corrected chi connectivity index (χ3v) is 3.59. The molecule has 114 valence electrons. The monoisotopic (exact) mass is 286 g/mol. The number of carbonyl (C=O) groups excluding carboxylic acids is 2. The zero-order chi connectivity index (χ0) is 15.3. The van der Waals surface area contributed by atoms with Crippen LogP contribution >= 0.6 is 0 Å². The summed E-state index contributed by atoms with van der Waals surface area (Å²) in [7, 11) is 0. The van der Waals surface area contributed by atoms with Gasteiger partial charge in [-0.2, -0.15) is 0 Å². The molecule has 3 unspecified atom stereocenters. The highest BCUT2D eigenvalue weighted by molar-refractivity contribution is 6.03. The van der Waals surface area contributed by atoms with Crippen molar-refractivity contribution in [3.05, 3.63) is 0 Å². The molecular formula is C13H22N2O5. The van der Waals surface area contributed by atoms with E-state index in [0.29, 0.717) is 19.3 Å². The summed E-state index contributed by atoms with van der Waals surface area (Å²) in [5.74, 6) is -2.55. The third-order valence-electron chi connectivity index (χ3n) is 3.59. The second-order valence-corrected chi connectivity index (χ2v) is 5.31. The lowest BCUT2D eigenvalue weighted by Crippen LogP contribution is -2.61. The Morgan fingerprint density at radius 3 is 2.65 bits per heavy atom. The molecule has 0 bridgehead atoms. The average Bonchev–Trinajstić information content (AvgIpc) is 2.37. The van der Waals surface area contributed by atoms with Gasteiger partial charge in [0.1, 0.15) is 5.54 Å². The van der Waals surface area contributed by atoms with Crippen molar-refractivity contribution in [3.8, 4) is 0 Å². The molecule has 0 aromatic carbocycles. The van der Waals surface area contributed by atoms with E-state index >= 15 is 0 Å². The number of amides is 1. The SMILES string of the molecule is CCOC(=O)C(N)C(=O)NC1(C(=O)O)CCCC(C)C1. The minimum Gasteiger partial charge on any atom is -0.480 e. The van der Waals surface area contributed by atoms with Crippen LogP contribution in [0, 0.1) is 5.92 Å². The van der Waals surface area contributed by atoms with E-state index in [9.17, 15) is 19.5 Å². The van der Waals surface area contributed by atoms with Crippen LogP contribution in [0.2, 0.25) is 0 Å². The first-order chi connectivity index (χ1) is 9.32. The number of carboxylic acid groups (broad SMARTS) is 1. The van der Waals surface area contributed by atoms with E-state index in [1.807, 2.05) is 6.92 Å². The van der Waals surface area contributed by atoms with Crippen molar-refractivity contribution >= 4 is 17.8 Å². The Morgan fingerprint density at radius 2 is 2.15 bits per heavy atom. The molecule has 1 amide bonds. The van der Waals surface area contributed by atoms with Crippen molar-refractivity contribution in [2.45, 2.75) is 51.1 Å². The molecule has 1 aliphatic carbocycles. The molecule has 0 spiro atoms. The summed E-state index contributed by atoms with van der Waals surface area (Å²) in [5, 5.41) is 11.8. The van der Waals surface area contributed by atoms with Crippen LogP contribution in [0.25, 0.3) is 0 Å². The second kappa shape index (κ2) is 6.69. The minimum atomic E-state index is -1.50. The van der Waals surface area contributed by atoms with E-state index in [1.54, 1.807) is 6.92 Å². The minimum absolute atomic E-state index is 0.112. The summed E-state index contributed by atoms with van der Waals surface area (Å²) in [6, 6.07) is -1.50. The highest BCUT2D eigenvalue weighted by Gasteiger charge is 2.44. The number of hydrogen-bond acceptors (Lipinski definition) is 5. The first kappa shape index (κ1) is 16.4. The fourth-order valence-electron chi connectivity index (χ4n) is 2.57. The third kappa shape index (κ3) is 3.69. The maximum Gasteiger partial charge on any atom is 0.332 e. The van der Waals surface area contributed by atoms with Crippen LogP contribution < -0.4 is 11.1 Å². The lowest BCUT2D eigenvalue weighted by Gasteiger charge is -2.37. The van der Waals surface area contributed by atoms with E-state index in [4.69, 9.17) is 5.73 Å². The van der Waals surface area contributed by atoms with Gasteiger partial charge in [0.25, 0.3) is 0 Å². The smallest absolute Gasteiger partial charge is 0.332 e. The topological polar surface area (TPSA) is 119 Å². The van der Waals surface area contributed by atoms with Crippen LogP contribution in [0.5, 0.6) is 0 Å². The Bertz CT molecular complexity index is 398. The molecule has 4 N–H and O–H groups in total. The first-order valence-electron chi connectivity index (χ1n) is 6.80. The van der Waals surface area contributed by atoms with Crippen LogP contribution in [-0.4, -0.2) is 41.1 Å². The van der Waals surface area contributed by atoms with Gasteiger partial charge in [0, 0.05) is 0 Å². The summed E-state index contributed by atoms with van der Waals surface area (Å²) in [6.45, 7) is 3.65. The number of esters is 1. The lowest BCUT2D eigenvalue weighted by molar-refractivity contribution is -0.154. The maximum absolute atomic E-state index is 11.9. The molecule has 7 nitrogen and oxygen atoms in total. The van der Waals surface area contributed by atoms with E-state index in [-0.39, 0.29) is 12.5 Å². The van der Waals surface area contributed by atoms with Gasteiger partial charge in [0.2, 0.25) is 5.91 Å². The standard InChI is InChI=1S/C13H22N2O5/c1-3-20-11(17)9(14)10(16)15-13(12(18)19)6-4-5-8(2)7-13/h8-9H,3-7,14H2,1-2H3,(H,15,16)(H,18,19). The van der Waals surface area contributed by atoms with Crippen molar-refractivity contribution in [1.82, 2.24) is 5.32 Å². The van der Waals surface area contributed by atoms with Crippen molar-refractivity contribution in [2.75, 3.05) is 6.61 Å². The highest BCUT2D eigenvalue weighted by Crippen LogP contribution is 2.32. The number of ether oxygens (including phenoxy) is 1. The molecule has 20 heavy (non-hydrogen) atoms. The second-order valence-electron chi connectivity index (χ2n) is 5.31. The van der Waals surface area contributed by atoms with Gasteiger partial charge in [-0.05, 0) is 25.7 Å². The zero-order valence-electron chi connectivity index (χ0n) is 11.8. The van der Waals surface area contributed by atoms with E-state index in [0.717, 1.165) is 6.42 Å². The molecule has 0 radical (unpaired) electrons. The number of carbonyl (C=O) groups is 3. The van der Waals surface area contributed by atoms with Gasteiger partial charge >= 0.3 is 11.9 Å². The Morgan fingerprint density at radius 1 is 1.50 bits per heavy atom. The number of nitrogens with two attached hydrogens (primary N) is 1. The number of rotatable bonds is 5. The Balaban J connectivity index is 2.78. The van der Waals surface area contributed by atoms with Gasteiger partial charge in [-0.25, -0.2) is 9.59 Å². The predicted molar refractivity (Wildman–Crippen MR) is 70.7 cm³/mol. The molecular weight excluding hydrogens is 264 g/mol. The van der Waals surface area contributed by atoms with Crippen LogP contribution in [0.3, 0.4) is 0 Å². The fourth-order valence-corrected chi connectivity index (χ4v) is 2.57. The van der Waals surface area contributed by atoms with E-state index < -0.39 is 29.4 Å². The van der Waals surface area contributed by atoms with Crippen molar-refractivity contribution in [1.29, 1.82) is 0 Å². The molecule has 0 aromatic heterocycles. The quantitative estimate of drug-likeness (QED) is 0.484. The van der Waals surface area contributed by atoms with Gasteiger partial charge in [-0.1, -0.05) is 19.8 Å². The molecule has 7 heteroatoms. The van der Waals surface area contributed by atoms with E-state index in [2.05, 4.69) is 10.1 Å². The molecule has 1 rings (SSSR count). The van der Waals surface area contributed by atoms with Crippen LogP contribution in [0.1, 0.15) is 39.5 Å². The number of nitrogens with one attached hydrogen (secondary N) is 1. The Labute approximate surface area is 117 Å². The summed E-state index contributed by atoms with van der Waals surface area (Å²) < 4.78 is 4.66. The van der Waals surface area contributed by atoms with Gasteiger partial charge in [0.15, 0.2) is 6.04 Å². The summed E-state index contributed by atoms with van der Waals surface area (Å²) in [4.78, 5) is 34.9. The summed E-state index contributed by atoms with van der Waals surface area (Å²) in [5.41, 5.74) is 4.14. The molecule has 1 saturated carbocycles. The predicted octanol–water partition coefficient (Wildman–Crippen LogP) is 0.0265. The molecule has 1 fully saturated rings. The van der Waals surface area contributed by atoms with Gasteiger partial charge < -0.3 is 20.9 Å². The number of carboxylic acids is 1. The lowest BCUT2D eigenvalue weighted by atomic mass is 9.76. The van der Waals surface area contributed by atoms with Crippen LogP contribution in [0.15, 0.2) is 0 Å². The molecule has 0 aliphatic heterocycles. The van der Waals surface area contributed by atoms with Crippen LogP contribution in [-0.2, 0) is 19.1 Å². The van der Waals surface area contributed by atoms with Crippen molar-refractivity contribution in [3.63, 3.8) is 0 Å². The molecule has 1 aliphatic rings. The van der Waals surface area contributed by atoms with Gasteiger partial charge in [0.05, 0.1) is 6.61 Å². The normalized spacial score (nSPS) is 27.4. The molecule has 0 aromatic rings. The number of aliphatic carboxylic acids is 1. The van der Waals surface area contributed by atoms with Crippen molar-refractivity contribution in [2.24, 2.45) is 11.7 Å². The zero-order valence-corrected chi connectivity index (χ0v) is 11.8. The fraction of sp³-hybridized carbons (Fsp3) is 0.769. The van der Waals surface area contributed by atoms with Crippen molar-refractivity contribution < 1.29 is 24.2 Å². The molecule has 3 atom stereocenters. The summed E-state index contributed by atoms with van der Waals surface area (Å²) in [6.07, 6.45) is 2.31. The Hall–Kier alpha value is -1.63. The molecule has 0 heterocycles. The highest BCUT2D eigenvalue weighted by atomic mass is 16.5. The van der Waals surface area contributed by atoms with Crippen LogP contribution in [0.4, 0.5) is 0 Å². The average molecular weight is 286 g/mol. The van der Waals surface area contributed by atoms with Gasteiger partial charge in [-0.3, -0.25) is 4.79 Å². The molecule has 0 saturated heterocycles. The maximum atomic E-state index is 11.9. The summed E-state index contributed by atoms with van der Waals surface area (Å²) >= 11 is 0. The Kier molecular flexibility index (Phi) is 5.50. The number of hydrogen-bond donors (Lipinski definition) is 3. The van der Waals surface area contributed by atoms with E-state index in [1.165, 1.54) is 0 Å². The van der Waals surface area contributed by atoms with Gasteiger partial charge in [-0.15, -0.1) is 0 Å². The largest absolute Gasteiger partial charge is 0.480 e.